The summed E-state index contributed by atoms with van der Waals surface area (Å²) in [5, 5.41) is 0. The number of nitrogens with zero attached hydrogens (tertiary/aromatic N) is 1. The molecule has 0 aliphatic carbocycles. The molecule has 0 spiro atoms. The zero-order chi connectivity index (χ0) is 18.7. The first-order valence-corrected chi connectivity index (χ1v) is 8.71. The Balaban J connectivity index is 1.93. The Morgan fingerprint density at radius 2 is 1.69 bits per heavy atom. The molecule has 3 rings (SSSR count). The van der Waals surface area contributed by atoms with Gasteiger partial charge in [0.1, 0.15) is 11.4 Å². The number of amides is 1. The van der Waals surface area contributed by atoms with Crippen molar-refractivity contribution in [1.29, 1.82) is 0 Å². The van der Waals surface area contributed by atoms with E-state index in [2.05, 4.69) is 0 Å². The highest BCUT2D eigenvalue weighted by molar-refractivity contribution is 5.70. The van der Waals surface area contributed by atoms with Gasteiger partial charge in [0.2, 0.25) is 0 Å². The van der Waals surface area contributed by atoms with Crippen LogP contribution in [-0.4, -0.2) is 30.3 Å². The Kier molecular flexibility index (Phi) is 5.18. The highest BCUT2D eigenvalue weighted by atomic mass is 16.6. The third kappa shape index (κ3) is 3.99. The molecule has 0 radical (unpaired) electrons. The molecule has 0 unspecified atom stereocenters. The Morgan fingerprint density at radius 3 is 2.27 bits per heavy atom. The minimum absolute atomic E-state index is 0.196. The Morgan fingerprint density at radius 1 is 1.04 bits per heavy atom. The van der Waals surface area contributed by atoms with E-state index >= 15 is 0 Å². The quantitative estimate of drug-likeness (QED) is 0.800. The molecule has 0 N–H and O–H groups in total. The summed E-state index contributed by atoms with van der Waals surface area (Å²) in [6.45, 7) is 6.01. The van der Waals surface area contributed by atoms with Crippen molar-refractivity contribution in [2.75, 3.05) is 13.7 Å². The van der Waals surface area contributed by atoms with E-state index in [4.69, 9.17) is 14.2 Å². The zero-order valence-electron chi connectivity index (χ0n) is 15.6. The third-order valence-electron chi connectivity index (χ3n) is 4.19. The Hall–Kier alpha value is -2.53. The predicted molar refractivity (Wildman–Crippen MR) is 98.9 cm³/mol. The second-order valence-electron chi connectivity index (χ2n) is 7.27. The normalized spacial score (nSPS) is 20.1. The summed E-state index contributed by atoms with van der Waals surface area (Å²) in [6, 6.07) is 17.2. The molecular formula is C21H25NO4. The van der Waals surface area contributed by atoms with Gasteiger partial charge >= 0.3 is 6.09 Å². The molecule has 0 aromatic heterocycles. The van der Waals surface area contributed by atoms with Gasteiger partial charge in [-0.3, -0.25) is 4.90 Å². The lowest BCUT2D eigenvalue weighted by Gasteiger charge is -2.31. The molecule has 1 heterocycles. The van der Waals surface area contributed by atoms with Crippen molar-refractivity contribution >= 4 is 6.09 Å². The number of methoxy groups -OCH3 is 1. The number of rotatable bonds is 3. The van der Waals surface area contributed by atoms with Crippen LogP contribution in [0.15, 0.2) is 54.6 Å². The van der Waals surface area contributed by atoms with Gasteiger partial charge in [0.15, 0.2) is 6.23 Å². The van der Waals surface area contributed by atoms with E-state index in [0.717, 1.165) is 16.9 Å². The van der Waals surface area contributed by atoms with Crippen LogP contribution in [0.25, 0.3) is 0 Å². The summed E-state index contributed by atoms with van der Waals surface area (Å²) in [7, 11) is 1.62. The van der Waals surface area contributed by atoms with Crippen molar-refractivity contribution in [3.05, 3.63) is 65.7 Å². The van der Waals surface area contributed by atoms with Crippen molar-refractivity contribution in [3.8, 4) is 5.75 Å². The molecule has 0 saturated carbocycles. The van der Waals surface area contributed by atoms with Crippen LogP contribution in [0.5, 0.6) is 5.75 Å². The number of carbonyl (C=O) groups excluding carboxylic acids is 1. The van der Waals surface area contributed by atoms with E-state index in [0.29, 0.717) is 6.61 Å². The van der Waals surface area contributed by atoms with Gasteiger partial charge in [-0.05, 0) is 38.5 Å². The van der Waals surface area contributed by atoms with Crippen LogP contribution < -0.4 is 4.74 Å². The summed E-state index contributed by atoms with van der Waals surface area (Å²) in [5.74, 6) is 0.759. The fourth-order valence-corrected chi connectivity index (χ4v) is 3.00. The lowest BCUT2D eigenvalue weighted by Crippen LogP contribution is -2.38. The summed E-state index contributed by atoms with van der Waals surface area (Å²) < 4.78 is 16.9. The Bertz CT molecular complexity index is 737. The second-order valence-corrected chi connectivity index (χ2v) is 7.27. The molecule has 2 atom stereocenters. The standard InChI is InChI=1S/C21H25NO4/c1-21(2,3)26-20(23)22-18(15-8-6-5-7-9-15)14-25-19(22)16-10-12-17(24-4)13-11-16/h5-13,18-19H,14H2,1-4H3/t18-,19-/m1/s1. The maximum atomic E-state index is 13.0. The van der Waals surface area contributed by atoms with Crippen LogP contribution in [0.1, 0.15) is 44.2 Å². The van der Waals surface area contributed by atoms with Gasteiger partial charge in [0.05, 0.1) is 19.8 Å². The lowest BCUT2D eigenvalue weighted by atomic mass is 10.1. The SMILES string of the molecule is COc1ccc([C@H]2OC[C@H](c3ccccc3)N2C(=O)OC(C)(C)C)cc1. The molecule has 1 aliphatic rings. The van der Waals surface area contributed by atoms with Crippen molar-refractivity contribution in [2.24, 2.45) is 0 Å². The smallest absolute Gasteiger partial charge is 0.413 e. The van der Waals surface area contributed by atoms with Crippen molar-refractivity contribution in [1.82, 2.24) is 4.90 Å². The van der Waals surface area contributed by atoms with E-state index in [-0.39, 0.29) is 12.1 Å². The molecule has 5 nitrogen and oxygen atoms in total. The van der Waals surface area contributed by atoms with E-state index in [1.807, 2.05) is 75.4 Å². The largest absolute Gasteiger partial charge is 0.497 e. The van der Waals surface area contributed by atoms with E-state index in [9.17, 15) is 4.79 Å². The third-order valence-corrected chi connectivity index (χ3v) is 4.19. The molecule has 2 aromatic rings. The first-order valence-electron chi connectivity index (χ1n) is 8.71. The van der Waals surface area contributed by atoms with Gasteiger partial charge < -0.3 is 14.2 Å². The van der Waals surface area contributed by atoms with E-state index in [1.165, 1.54) is 0 Å². The average Bonchev–Trinajstić information content (AvgIpc) is 3.06. The van der Waals surface area contributed by atoms with Crippen LogP contribution in [0, 0.1) is 0 Å². The zero-order valence-corrected chi connectivity index (χ0v) is 15.6. The van der Waals surface area contributed by atoms with Crippen molar-refractivity contribution in [3.63, 3.8) is 0 Å². The maximum absolute atomic E-state index is 13.0. The topological polar surface area (TPSA) is 48.0 Å². The van der Waals surface area contributed by atoms with Crippen LogP contribution in [-0.2, 0) is 9.47 Å². The van der Waals surface area contributed by atoms with Crippen molar-refractivity contribution < 1.29 is 19.0 Å². The Labute approximate surface area is 154 Å². The fourth-order valence-electron chi connectivity index (χ4n) is 3.00. The predicted octanol–water partition coefficient (Wildman–Crippen LogP) is 4.70. The molecule has 26 heavy (non-hydrogen) atoms. The van der Waals surface area contributed by atoms with Gasteiger partial charge in [-0.15, -0.1) is 0 Å². The minimum Gasteiger partial charge on any atom is -0.497 e. The maximum Gasteiger partial charge on any atom is 0.413 e. The van der Waals surface area contributed by atoms with Gasteiger partial charge in [-0.25, -0.2) is 4.79 Å². The first kappa shape index (κ1) is 18.3. The molecule has 1 saturated heterocycles. The van der Waals surface area contributed by atoms with Crippen molar-refractivity contribution in [2.45, 2.75) is 38.6 Å². The summed E-state index contributed by atoms with van der Waals surface area (Å²) in [6.07, 6.45) is -0.884. The number of carbonyl (C=O) groups is 1. The molecule has 1 aliphatic heterocycles. The van der Waals surface area contributed by atoms with Gasteiger partial charge in [0, 0.05) is 5.56 Å². The number of benzene rings is 2. The second kappa shape index (κ2) is 7.38. The molecule has 1 fully saturated rings. The first-order chi connectivity index (χ1) is 12.4. The fraction of sp³-hybridized carbons (Fsp3) is 0.381. The summed E-state index contributed by atoms with van der Waals surface area (Å²) in [5.41, 5.74) is 1.33. The van der Waals surface area contributed by atoms with Gasteiger partial charge in [-0.2, -0.15) is 0 Å². The van der Waals surface area contributed by atoms with Crippen LogP contribution in [0.4, 0.5) is 4.79 Å². The number of hydrogen-bond donors (Lipinski definition) is 0. The number of ether oxygens (including phenoxy) is 3. The molecular weight excluding hydrogens is 330 g/mol. The van der Waals surface area contributed by atoms with Crippen LogP contribution in [0.3, 0.4) is 0 Å². The monoisotopic (exact) mass is 355 g/mol. The highest BCUT2D eigenvalue weighted by Crippen LogP contribution is 2.40. The minimum atomic E-state index is -0.578. The van der Waals surface area contributed by atoms with E-state index in [1.54, 1.807) is 12.0 Å². The van der Waals surface area contributed by atoms with Gasteiger partial charge in [-0.1, -0.05) is 42.5 Å². The summed E-state index contributed by atoms with van der Waals surface area (Å²) in [4.78, 5) is 14.6. The van der Waals surface area contributed by atoms with Crippen LogP contribution >= 0.6 is 0 Å². The molecule has 1 amide bonds. The van der Waals surface area contributed by atoms with Gasteiger partial charge in [0.25, 0.3) is 0 Å². The lowest BCUT2D eigenvalue weighted by molar-refractivity contribution is -0.0142. The van der Waals surface area contributed by atoms with Crippen LogP contribution in [0.2, 0.25) is 0 Å². The molecule has 138 valence electrons. The number of hydrogen-bond acceptors (Lipinski definition) is 4. The highest BCUT2D eigenvalue weighted by Gasteiger charge is 2.41. The average molecular weight is 355 g/mol. The molecule has 5 heteroatoms. The summed E-state index contributed by atoms with van der Waals surface area (Å²) >= 11 is 0. The van der Waals surface area contributed by atoms with E-state index < -0.39 is 11.8 Å². The molecule has 2 aromatic carbocycles. The molecule has 0 bridgehead atoms.